The van der Waals surface area contributed by atoms with Gasteiger partial charge in [0.1, 0.15) is 21.8 Å². The maximum absolute atomic E-state index is 12.1. The first-order valence-electron chi connectivity index (χ1n) is 6.34. The minimum atomic E-state index is -1.20. The van der Waals surface area contributed by atoms with Gasteiger partial charge in [0.25, 0.3) is 0 Å². The maximum atomic E-state index is 12.1. The molecule has 1 aromatic heterocycles. The Bertz CT molecular complexity index is 459. The quantitative estimate of drug-likeness (QED) is 0.774. The Morgan fingerprint density at radius 2 is 2.17 bits per heavy atom. The lowest BCUT2D eigenvalue weighted by Crippen LogP contribution is -2.26. The van der Waals surface area contributed by atoms with Crippen LogP contribution in [0.4, 0.5) is 0 Å². The van der Waals surface area contributed by atoms with Crippen LogP contribution in [0.2, 0.25) is 0 Å². The minimum Gasteiger partial charge on any atom is -0.591 e. The van der Waals surface area contributed by atoms with Crippen molar-refractivity contribution in [2.45, 2.75) is 51.8 Å². The van der Waals surface area contributed by atoms with Crippen LogP contribution in [0.3, 0.4) is 0 Å². The highest BCUT2D eigenvalue weighted by Gasteiger charge is 2.34. The zero-order chi connectivity index (χ0) is 13.5. The summed E-state index contributed by atoms with van der Waals surface area (Å²) in [5.74, 6) is 0.499. The van der Waals surface area contributed by atoms with Gasteiger partial charge >= 0.3 is 0 Å². The second-order valence-electron chi connectivity index (χ2n) is 6.08. The van der Waals surface area contributed by atoms with E-state index in [2.05, 4.69) is 23.3 Å². The van der Waals surface area contributed by atoms with Crippen molar-refractivity contribution >= 4 is 17.1 Å². The van der Waals surface area contributed by atoms with Gasteiger partial charge in [-0.25, -0.2) is 0 Å². The van der Waals surface area contributed by atoms with E-state index in [1.807, 2.05) is 31.5 Å². The summed E-state index contributed by atoms with van der Waals surface area (Å²) in [5, 5.41) is 4.36. The molecule has 1 unspecified atom stereocenters. The fourth-order valence-corrected chi connectivity index (χ4v) is 2.68. The van der Waals surface area contributed by atoms with Crippen LogP contribution in [0.25, 0.3) is 0 Å². The molecule has 18 heavy (non-hydrogen) atoms. The zero-order valence-corrected chi connectivity index (χ0v) is 12.5. The van der Waals surface area contributed by atoms with Gasteiger partial charge in [0.15, 0.2) is 0 Å². The predicted molar refractivity (Wildman–Crippen MR) is 75.2 cm³/mol. The summed E-state index contributed by atoms with van der Waals surface area (Å²) < 4.78 is 18.2. The van der Waals surface area contributed by atoms with Gasteiger partial charge in [-0.2, -0.15) is 5.10 Å². The molecule has 1 aliphatic heterocycles. The Morgan fingerprint density at radius 3 is 2.72 bits per heavy atom. The molecular formula is C13H21N3OS. The number of rotatable bonds is 2. The van der Waals surface area contributed by atoms with Crippen molar-refractivity contribution in [2.75, 3.05) is 0 Å². The van der Waals surface area contributed by atoms with E-state index in [0.717, 1.165) is 17.8 Å². The van der Waals surface area contributed by atoms with Gasteiger partial charge in [-0.3, -0.25) is 4.68 Å². The Balaban J connectivity index is 2.31. The predicted octanol–water partition coefficient (Wildman–Crippen LogP) is 2.74. The van der Waals surface area contributed by atoms with E-state index in [0.29, 0.717) is 12.0 Å². The Labute approximate surface area is 112 Å². The molecule has 4 nitrogen and oxygen atoms in total. The van der Waals surface area contributed by atoms with E-state index >= 15 is 0 Å². The van der Waals surface area contributed by atoms with Crippen LogP contribution in [0.15, 0.2) is 16.7 Å². The Hall–Kier alpha value is -0.810. The second-order valence-corrected chi connectivity index (χ2v) is 7.98. The van der Waals surface area contributed by atoms with E-state index in [-0.39, 0.29) is 4.75 Å². The minimum absolute atomic E-state index is 0.312. The first-order valence-corrected chi connectivity index (χ1v) is 7.45. The summed E-state index contributed by atoms with van der Waals surface area (Å²) in [5.41, 5.74) is 1.95. The summed E-state index contributed by atoms with van der Waals surface area (Å²) in [7, 11) is 0. The van der Waals surface area contributed by atoms with Crippen LogP contribution in [-0.2, 0) is 11.4 Å². The smallest absolute Gasteiger partial charge is 0.144 e. The average molecular weight is 267 g/mol. The van der Waals surface area contributed by atoms with Crippen molar-refractivity contribution in [1.82, 2.24) is 9.78 Å². The summed E-state index contributed by atoms with van der Waals surface area (Å²) in [6.07, 6.45) is 2.63. The SMILES string of the molecule is CC(C)C1C/C(=N/[S@@+]([O-])C(C)(C)C)c2ccnn21. The standard InChI is InChI=1S/C13H21N3OS/c1-9(2)12-8-10(11-6-7-14-16(11)12)15-18(17)13(3,4)5/h6-7,9,12H,8H2,1-5H3/b15-10-/t12?,18-/m0/s1. The third kappa shape index (κ3) is 2.47. The molecule has 1 aliphatic rings. The van der Waals surface area contributed by atoms with Crippen LogP contribution in [-0.4, -0.2) is 24.8 Å². The molecule has 2 rings (SSSR count). The lowest BCUT2D eigenvalue weighted by atomic mass is 10.0. The average Bonchev–Trinajstić information content (AvgIpc) is 2.79. The molecule has 0 fully saturated rings. The highest BCUT2D eigenvalue weighted by atomic mass is 32.2. The number of fused-ring (bicyclic) bond motifs is 1. The van der Waals surface area contributed by atoms with Gasteiger partial charge in [0, 0.05) is 12.6 Å². The molecule has 1 aromatic rings. The van der Waals surface area contributed by atoms with E-state index in [9.17, 15) is 4.55 Å². The van der Waals surface area contributed by atoms with Gasteiger partial charge in [-0.15, -0.1) is 0 Å². The van der Waals surface area contributed by atoms with Gasteiger partial charge in [-0.1, -0.05) is 18.2 Å². The number of hydrogen-bond donors (Lipinski definition) is 0. The molecule has 5 heteroatoms. The molecule has 2 atom stereocenters. The van der Waals surface area contributed by atoms with E-state index in [1.54, 1.807) is 6.20 Å². The highest BCUT2D eigenvalue weighted by Crippen LogP contribution is 2.32. The first kappa shape index (κ1) is 13.6. The number of nitrogens with zero attached hydrogens (tertiary/aromatic N) is 3. The van der Waals surface area contributed by atoms with Crippen molar-refractivity contribution < 1.29 is 4.55 Å². The van der Waals surface area contributed by atoms with Crippen molar-refractivity contribution in [3.8, 4) is 0 Å². The molecule has 0 saturated carbocycles. The molecule has 0 N–H and O–H groups in total. The van der Waals surface area contributed by atoms with Crippen molar-refractivity contribution in [1.29, 1.82) is 0 Å². The van der Waals surface area contributed by atoms with E-state index < -0.39 is 11.4 Å². The lowest BCUT2D eigenvalue weighted by molar-refractivity contribution is 0.373. The van der Waals surface area contributed by atoms with Gasteiger partial charge in [0.05, 0.1) is 11.7 Å². The number of hydrogen-bond acceptors (Lipinski definition) is 3. The summed E-state index contributed by atoms with van der Waals surface area (Å²) >= 11 is -1.20. The van der Waals surface area contributed by atoms with Crippen LogP contribution in [0.1, 0.15) is 52.8 Å². The molecule has 0 saturated heterocycles. The summed E-state index contributed by atoms with van der Waals surface area (Å²) in [6.45, 7) is 10.2. The first-order chi connectivity index (χ1) is 8.30. The van der Waals surface area contributed by atoms with Crippen molar-refractivity contribution in [2.24, 2.45) is 10.3 Å². The summed E-state index contributed by atoms with van der Waals surface area (Å²) in [4.78, 5) is 0. The van der Waals surface area contributed by atoms with Crippen LogP contribution in [0, 0.1) is 5.92 Å². The van der Waals surface area contributed by atoms with Crippen LogP contribution in [0.5, 0.6) is 0 Å². The third-order valence-corrected chi connectivity index (χ3v) is 4.60. The Kier molecular flexibility index (Phi) is 3.56. The van der Waals surface area contributed by atoms with Crippen LogP contribution >= 0.6 is 0 Å². The van der Waals surface area contributed by atoms with E-state index in [1.165, 1.54) is 0 Å². The lowest BCUT2D eigenvalue weighted by Gasteiger charge is -2.18. The largest absolute Gasteiger partial charge is 0.591 e. The molecule has 0 aliphatic carbocycles. The molecule has 100 valence electrons. The van der Waals surface area contributed by atoms with Gasteiger partial charge in [-0.05, 0) is 32.8 Å². The second kappa shape index (κ2) is 4.70. The van der Waals surface area contributed by atoms with Crippen molar-refractivity contribution in [3.63, 3.8) is 0 Å². The normalized spacial score (nSPS) is 23.7. The molecule has 0 radical (unpaired) electrons. The third-order valence-electron chi connectivity index (χ3n) is 3.17. The van der Waals surface area contributed by atoms with E-state index in [4.69, 9.17) is 0 Å². The fourth-order valence-electron chi connectivity index (χ4n) is 2.04. The van der Waals surface area contributed by atoms with Crippen LogP contribution < -0.4 is 0 Å². The summed E-state index contributed by atoms with van der Waals surface area (Å²) in [6, 6.07) is 2.30. The molecular weight excluding hydrogens is 246 g/mol. The van der Waals surface area contributed by atoms with Crippen molar-refractivity contribution in [3.05, 3.63) is 18.0 Å². The molecule has 0 aromatic carbocycles. The molecule has 2 heterocycles. The fraction of sp³-hybridized carbons (Fsp3) is 0.692. The highest BCUT2D eigenvalue weighted by molar-refractivity contribution is 7.91. The molecule has 0 bridgehead atoms. The Morgan fingerprint density at radius 1 is 1.50 bits per heavy atom. The monoisotopic (exact) mass is 267 g/mol. The number of aromatic nitrogens is 2. The maximum Gasteiger partial charge on any atom is 0.144 e. The molecule has 0 amide bonds. The molecule has 0 spiro atoms. The van der Waals surface area contributed by atoms with Gasteiger partial charge < -0.3 is 4.55 Å². The zero-order valence-electron chi connectivity index (χ0n) is 11.7. The topological polar surface area (TPSA) is 53.2 Å². The van der Waals surface area contributed by atoms with Gasteiger partial charge in [0.2, 0.25) is 0 Å².